The number of hydrogen-bond acceptors (Lipinski definition) is 6. The van der Waals surface area contributed by atoms with E-state index in [0.717, 1.165) is 16.1 Å². The number of nitrogens with zero attached hydrogens (tertiary/aromatic N) is 2. The molecule has 0 aliphatic carbocycles. The van der Waals surface area contributed by atoms with Gasteiger partial charge >= 0.3 is 6.09 Å². The Morgan fingerprint density at radius 3 is 2.73 bits per heavy atom. The molecule has 0 unspecified atom stereocenters. The van der Waals surface area contributed by atoms with Crippen molar-refractivity contribution < 1.29 is 23.8 Å². The summed E-state index contributed by atoms with van der Waals surface area (Å²) >= 11 is 1.44. The smallest absolute Gasteiger partial charge is 0.411 e. The van der Waals surface area contributed by atoms with Crippen LogP contribution in [-0.2, 0) is 16.1 Å². The number of amides is 2. The van der Waals surface area contributed by atoms with Gasteiger partial charge in [0.25, 0.3) is 0 Å². The van der Waals surface area contributed by atoms with Gasteiger partial charge in [-0.15, -0.1) is 11.3 Å². The topological polar surface area (TPSA) is 91.8 Å². The van der Waals surface area contributed by atoms with Gasteiger partial charge in [-0.05, 0) is 39.3 Å². The number of β-amino-alcohol motifs (C(OH)–C–C–N with tert-alkyl or cyclic N) is 1. The molecular weight excluding hydrogens is 409 g/mol. The lowest BCUT2D eigenvalue weighted by atomic mass is 10.1. The molecule has 1 fully saturated rings. The number of rotatable bonds is 4. The van der Waals surface area contributed by atoms with Crippen LogP contribution < -0.4 is 5.32 Å². The van der Waals surface area contributed by atoms with Crippen molar-refractivity contribution in [3.05, 3.63) is 40.8 Å². The number of ether oxygens (including phenoxy) is 1. The van der Waals surface area contributed by atoms with E-state index in [1.54, 1.807) is 38.4 Å². The van der Waals surface area contributed by atoms with E-state index >= 15 is 0 Å². The summed E-state index contributed by atoms with van der Waals surface area (Å²) in [6.45, 7) is 7.04. The third kappa shape index (κ3) is 5.14. The molecule has 1 aromatic carbocycles. The molecule has 0 spiro atoms. The van der Waals surface area contributed by atoms with Crippen molar-refractivity contribution in [3.63, 3.8) is 0 Å². The third-order valence-electron chi connectivity index (χ3n) is 4.72. The monoisotopic (exact) mass is 435 g/mol. The van der Waals surface area contributed by atoms with E-state index in [1.165, 1.54) is 22.3 Å². The maximum atomic E-state index is 14.6. The first kappa shape index (κ1) is 22.2. The van der Waals surface area contributed by atoms with Crippen LogP contribution >= 0.6 is 11.3 Å². The number of nitrogens with one attached hydrogen (secondary N) is 1. The quantitative estimate of drug-likeness (QED) is 0.769. The first-order valence-corrected chi connectivity index (χ1v) is 10.6. The Kier molecular flexibility index (Phi) is 6.42. The maximum absolute atomic E-state index is 14.6. The molecule has 1 aliphatic heterocycles. The number of carbonyl (C=O) groups is 2. The number of likely N-dealkylation sites (tertiary alicyclic amines) is 1. The lowest BCUT2D eigenvalue weighted by Crippen LogP contribution is -2.47. The minimum Gasteiger partial charge on any atom is -0.444 e. The van der Waals surface area contributed by atoms with Crippen molar-refractivity contribution in [3.8, 4) is 10.4 Å². The summed E-state index contributed by atoms with van der Waals surface area (Å²) in [5.41, 5.74) is 2.90. The van der Waals surface area contributed by atoms with E-state index in [2.05, 4.69) is 10.3 Å². The summed E-state index contributed by atoms with van der Waals surface area (Å²) in [4.78, 5) is 31.3. The Labute approximate surface area is 178 Å². The van der Waals surface area contributed by atoms with Crippen LogP contribution in [0.5, 0.6) is 0 Å². The van der Waals surface area contributed by atoms with E-state index < -0.39 is 35.6 Å². The fraction of sp³-hybridized carbons (Fsp3) is 0.476. The van der Waals surface area contributed by atoms with Crippen LogP contribution in [0.25, 0.3) is 10.4 Å². The van der Waals surface area contributed by atoms with Crippen molar-refractivity contribution in [2.75, 3.05) is 6.54 Å². The average Bonchev–Trinajstić information content (AvgIpc) is 3.24. The minimum absolute atomic E-state index is 0.0181. The molecule has 2 aromatic rings. The number of aliphatic hydroxyl groups excluding tert-OH is 1. The fourth-order valence-corrected chi connectivity index (χ4v) is 4.10. The van der Waals surface area contributed by atoms with Gasteiger partial charge in [-0.2, -0.15) is 0 Å². The van der Waals surface area contributed by atoms with Gasteiger partial charge < -0.3 is 15.2 Å². The zero-order chi connectivity index (χ0) is 22.1. The van der Waals surface area contributed by atoms with E-state index in [-0.39, 0.29) is 19.5 Å². The highest BCUT2D eigenvalue weighted by Crippen LogP contribution is 2.28. The molecule has 2 N–H and O–H groups in total. The first-order chi connectivity index (χ1) is 14.0. The molecule has 0 radical (unpaired) electrons. The van der Waals surface area contributed by atoms with Crippen LogP contribution in [0.2, 0.25) is 0 Å². The highest BCUT2D eigenvalue weighted by atomic mass is 32.1. The first-order valence-electron chi connectivity index (χ1n) is 9.69. The number of benzene rings is 1. The van der Waals surface area contributed by atoms with Gasteiger partial charge in [-0.3, -0.25) is 9.69 Å². The average molecular weight is 436 g/mol. The highest BCUT2D eigenvalue weighted by molar-refractivity contribution is 7.13. The lowest BCUT2D eigenvalue weighted by Gasteiger charge is -2.27. The predicted molar refractivity (Wildman–Crippen MR) is 111 cm³/mol. The third-order valence-corrected chi connectivity index (χ3v) is 5.70. The fourth-order valence-electron chi connectivity index (χ4n) is 3.30. The normalized spacial score (nSPS) is 19.1. The zero-order valence-corrected chi connectivity index (χ0v) is 18.3. The van der Waals surface area contributed by atoms with Crippen LogP contribution in [0.1, 0.15) is 38.4 Å². The second-order valence-electron chi connectivity index (χ2n) is 8.33. The summed E-state index contributed by atoms with van der Waals surface area (Å²) in [5, 5.41) is 12.6. The largest absolute Gasteiger partial charge is 0.444 e. The number of aryl methyl sites for hydroxylation is 1. The van der Waals surface area contributed by atoms with E-state index in [1.807, 2.05) is 6.92 Å². The second-order valence-corrected chi connectivity index (χ2v) is 9.18. The van der Waals surface area contributed by atoms with Crippen molar-refractivity contribution in [2.45, 2.75) is 58.4 Å². The molecule has 162 valence electrons. The van der Waals surface area contributed by atoms with Crippen molar-refractivity contribution in [2.24, 2.45) is 0 Å². The van der Waals surface area contributed by atoms with Crippen LogP contribution in [0, 0.1) is 12.7 Å². The molecule has 1 aliphatic rings. The molecule has 1 saturated heterocycles. The molecule has 30 heavy (non-hydrogen) atoms. The molecule has 2 heterocycles. The molecule has 0 saturated carbocycles. The summed E-state index contributed by atoms with van der Waals surface area (Å²) in [6.07, 6.45) is -1.36. The Morgan fingerprint density at radius 1 is 1.40 bits per heavy atom. The van der Waals surface area contributed by atoms with Gasteiger partial charge in [0.15, 0.2) is 0 Å². The van der Waals surface area contributed by atoms with Crippen molar-refractivity contribution in [1.29, 1.82) is 0 Å². The molecule has 1 aromatic heterocycles. The number of carbonyl (C=O) groups excluding carboxylic acids is 2. The number of hydrogen-bond donors (Lipinski definition) is 2. The minimum atomic E-state index is -0.864. The standard InChI is InChI=1S/C21H26FN3O4S/c1-12-18(30-11-24-12)13-5-6-14(16(22)7-13)9-23-19(27)17-8-15(26)10-25(17)20(28)29-21(2,3)4/h5-7,11,15,17,26H,8-10H2,1-4H3,(H,23,27)/t15-,17+/m1/s1. The van der Waals surface area contributed by atoms with E-state index in [4.69, 9.17) is 4.74 Å². The van der Waals surface area contributed by atoms with Gasteiger partial charge in [0.1, 0.15) is 17.5 Å². The predicted octanol–water partition coefficient (Wildman–Crippen LogP) is 3.24. The Bertz CT molecular complexity index is 941. The van der Waals surface area contributed by atoms with Gasteiger partial charge in [0, 0.05) is 18.5 Å². The van der Waals surface area contributed by atoms with Crippen LogP contribution in [0.3, 0.4) is 0 Å². The molecular formula is C21H26FN3O4S. The molecule has 2 atom stereocenters. The Morgan fingerprint density at radius 2 is 2.13 bits per heavy atom. The summed E-state index contributed by atoms with van der Waals surface area (Å²) in [5.74, 6) is -0.893. The zero-order valence-electron chi connectivity index (χ0n) is 17.4. The summed E-state index contributed by atoms with van der Waals surface area (Å²) < 4.78 is 19.9. The number of thiazole rings is 1. The molecule has 3 rings (SSSR count). The van der Waals surface area contributed by atoms with E-state index in [0.29, 0.717) is 5.56 Å². The maximum Gasteiger partial charge on any atom is 0.411 e. The molecule has 9 heteroatoms. The molecule has 2 amide bonds. The second kappa shape index (κ2) is 8.69. The Hall–Kier alpha value is -2.52. The molecule has 0 bridgehead atoms. The Balaban J connectivity index is 1.65. The number of halogens is 1. The van der Waals surface area contributed by atoms with E-state index in [9.17, 15) is 19.1 Å². The van der Waals surface area contributed by atoms with Crippen molar-refractivity contribution >= 4 is 23.3 Å². The van der Waals surface area contributed by atoms with Gasteiger partial charge in [0.05, 0.1) is 28.7 Å². The van der Waals surface area contributed by atoms with Gasteiger partial charge in [-0.25, -0.2) is 14.2 Å². The van der Waals surface area contributed by atoms with Crippen molar-refractivity contribution in [1.82, 2.24) is 15.2 Å². The summed E-state index contributed by atoms with van der Waals surface area (Å²) in [6, 6.07) is 3.97. The highest BCUT2D eigenvalue weighted by Gasteiger charge is 2.40. The van der Waals surface area contributed by atoms with Crippen LogP contribution in [-0.4, -0.2) is 51.3 Å². The number of aliphatic hydroxyl groups is 1. The lowest BCUT2D eigenvalue weighted by molar-refractivity contribution is -0.125. The number of aromatic nitrogens is 1. The van der Waals surface area contributed by atoms with Gasteiger partial charge in [0.2, 0.25) is 5.91 Å². The SMILES string of the molecule is Cc1ncsc1-c1ccc(CNC(=O)[C@@H]2C[C@@H](O)CN2C(=O)OC(C)(C)C)c(F)c1. The van der Waals surface area contributed by atoms with Crippen LogP contribution in [0.15, 0.2) is 23.7 Å². The van der Waals surface area contributed by atoms with Crippen LogP contribution in [0.4, 0.5) is 9.18 Å². The summed E-state index contributed by atoms with van der Waals surface area (Å²) in [7, 11) is 0. The van der Waals surface area contributed by atoms with Gasteiger partial charge in [-0.1, -0.05) is 12.1 Å². The molecule has 7 nitrogen and oxygen atoms in total.